The molecule has 1 aliphatic rings. The first kappa shape index (κ1) is 8.46. The van der Waals surface area contributed by atoms with Gasteiger partial charge in [0.05, 0.1) is 0 Å². The van der Waals surface area contributed by atoms with E-state index in [9.17, 15) is 9.00 Å². The molecule has 3 nitrogen and oxygen atoms in total. The van der Waals surface area contributed by atoms with Gasteiger partial charge in [-0.15, -0.1) is 0 Å². The zero-order valence-electron chi connectivity index (χ0n) is 6.24. The quantitative estimate of drug-likeness (QED) is 0.590. The van der Waals surface area contributed by atoms with E-state index in [1.54, 1.807) is 12.2 Å². The largest absolute Gasteiger partial charge is 0.480 e. The van der Waals surface area contributed by atoms with Gasteiger partial charge < -0.3 is 5.11 Å². The highest BCUT2D eigenvalue weighted by molar-refractivity contribution is 7.87. The Labute approximate surface area is 67.6 Å². The first-order valence-corrected chi connectivity index (χ1v) is 4.66. The van der Waals surface area contributed by atoms with Gasteiger partial charge in [-0.05, 0) is 13.3 Å². The Bertz CT molecular complexity index is 234. The van der Waals surface area contributed by atoms with Crippen LogP contribution in [0.15, 0.2) is 12.2 Å². The van der Waals surface area contributed by atoms with Crippen molar-refractivity contribution in [2.45, 2.75) is 18.1 Å². The van der Waals surface area contributed by atoms with Crippen LogP contribution in [0.4, 0.5) is 0 Å². The van der Waals surface area contributed by atoms with Crippen LogP contribution in [0.3, 0.4) is 0 Å². The lowest BCUT2D eigenvalue weighted by Crippen LogP contribution is -2.41. The van der Waals surface area contributed by atoms with Crippen molar-refractivity contribution in [1.29, 1.82) is 0 Å². The molecule has 0 saturated carbocycles. The van der Waals surface area contributed by atoms with E-state index < -0.39 is 21.5 Å². The average Bonchev–Trinajstić information content (AvgIpc) is 1.95. The van der Waals surface area contributed by atoms with Gasteiger partial charge >= 0.3 is 5.97 Å². The standard InChI is InChI=1S/C7H10O3S/c1-7(6(8)9)4-2-3-5-11(7)10/h2-3H,4-5H2,1H3,(H,8,9). The van der Waals surface area contributed by atoms with Crippen LogP contribution in [-0.4, -0.2) is 25.8 Å². The monoisotopic (exact) mass is 174 g/mol. The molecular weight excluding hydrogens is 164 g/mol. The second-order valence-electron chi connectivity index (χ2n) is 2.72. The van der Waals surface area contributed by atoms with Crippen LogP contribution >= 0.6 is 0 Å². The number of allylic oxidation sites excluding steroid dienone is 1. The maximum Gasteiger partial charge on any atom is 0.322 e. The third kappa shape index (κ3) is 1.35. The Morgan fingerprint density at radius 3 is 2.64 bits per heavy atom. The fourth-order valence-electron chi connectivity index (χ4n) is 0.925. The molecule has 1 heterocycles. The lowest BCUT2D eigenvalue weighted by atomic mass is 10.1. The molecule has 0 saturated heterocycles. The van der Waals surface area contributed by atoms with E-state index in [1.165, 1.54) is 6.92 Å². The first-order chi connectivity index (χ1) is 5.07. The van der Waals surface area contributed by atoms with Crippen LogP contribution in [0.25, 0.3) is 0 Å². The Morgan fingerprint density at radius 2 is 2.27 bits per heavy atom. The molecule has 0 fully saturated rings. The molecule has 1 rings (SSSR count). The molecular formula is C7H10O3S. The van der Waals surface area contributed by atoms with Gasteiger partial charge in [-0.2, -0.15) is 0 Å². The second kappa shape index (κ2) is 2.77. The van der Waals surface area contributed by atoms with E-state index in [-0.39, 0.29) is 0 Å². The van der Waals surface area contributed by atoms with Crippen molar-refractivity contribution in [3.05, 3.63) is 12.2 Å². The summed E-state index contributed by atoms with van der Waals surface area (Å²) in [7, 11) is -1.26. The maximum absolute atomic E-state index is 11.2. The molecule has 0 aliphatic carbocycles. The van der Waals surface area contributed by atoms with Crippen LogP contribution in [0.1, 0.15) is 13.3 Å². The number of aliphatic carboxylic acids is 1. The molecule has 4 heteroatoms. The number of hydrogen-bond donors (Lipinski definition) is 1. The molecule has 0 bridgehead atoms. The number of carboxylic acids is 1. The fraction of sp³-hybridized carbons (Fsp3) is 0.571. The maximum atomic E-state index is 11.2. The fourth-order valence-corrected chi connectivity index (χ4v) is 2.08. The summed E-state index contributed by atoms with van der Waals surface area (Å²) in [5.74, 6) is -0.608. The highest BCUT2D eigenvalue weighted by atomic mass is 32.2. The molecule has 0 radical (unpaired) electrons. The molecule has 0 amide bonds. The average molecular weight is 174 g/mol. The van der Waals surface area contributed by atoms with Crippen LogP contribution in [0.2, 0.25) is 0 Å². The summed E-state index contributed by atoms with van der Waals surface area (Å²) in [4.78, 5) is 10.7. The lowest BCUT2D eigenvalue weighted by Gasteiger charge is -2.24. The number of hydrogen-bond acceptors (Lipinski definition) is 2. The van der Waals surface area contributed by atoms with Gasteiger partial charge in [0.25, 0.3) is 0 Å². The SMILES string of the molecule is CC1(C(=O)O)CC=CCS1=O. The van der Waals surface area contributed by atoms with E-state index >= 15 is 0 Å². The zero-order chi connectivity index (χ0) is 8.48. The predicted octanol–water partition coefficient (Wildman–Crippen LogP) is 0.538. The van der Waals surface area contributed by atoms with Gasteiger partial charge in [-0.25, -0.2) is 0 Å². The molecule has 1 aliphatic heterocycles. The van der Waals surface area contributed by atoms with E-state index in [0.29, 0.717) is 12.2 Å². The summed E-state index contributed by atoms with van der Waals surface area (Å²) in [6.45, 7) is 1.52. The molecule has 2 atom stereocenters. The number of carboxylic acid groups (broad SMARTS) is 1. The van der Waals surface area contributed by atoms with Crippen molar-refractivity contribution in [1.82, 2.24) is 0 Å². The van der Waals surface area contributed by atoms with Crippen LogP contribution in [-0.2, 0) is 15.6 Å². The highest BCUT2D eigenvalue weighted by Gasteiger charge is 2.39. The summed E-state index contributed by atoms with van der Waals surface area (Å²) in [6, 6.07) is 0. The van der Waals surface area contributed by atoms with Crippen LogP contribution in [0.5, 0.6) is 0 Å². The molecule has 11 heavy (non-hydrogen) atoms. The Kier molecular flexibility index (Phi) is 2.13. The third-order valence-electron chi connectivity index (χ3n) is 1.88. The topological polar surface area (TPSA) is 54.4 Å². The molecule has 0 spiro atoms. The number of rotatable bonds is 1. The van der Waals surface area contributed by atoms with Crippen molar-refractivity contribution >= 4 is 16.8 Å². The van der Waals surface area contributed by atoms with E-state index in [0.717, 1.165) is 0 Å². The summed E-state index contributed by atoms with van der Waals surface area (Å²) < 4.78 is 10.2. The minimum Gasteiger partial charge on any atom is -0.480 e. The molecule has 2 unspecified atom stereocenters. The molecule has 0 aromatic heterocycles. The molecule has 0 aromatic rings. The third-order valence-corrected chi connectivity index (χ3v) is 3.72. The first-order valence-electron chi connectivity index (χ1n) is 3.34. The van der Waals surface area contributed by atoms with Gasteiger partial charge in [0.15, 0.2) is 0 Å². The Morgan fingerprint density at radius 1 is 1.64 bits per heavy atom. The van der Waals surface area contributed by atoms with Gasteiger partial charge in [0.1, 0.15) is 4.75 Å². The second-order valence-corrected chi connectivity index (χ2v) is 4.65. The van der Waals surface area contributed by atoms with Crippen molar-refractivity contribution in [3.8, 4) is 0 Å². The van der Waals surface area contributed by atoms with Crippen molar-refractivity contribution in [2.75, 3.05) is 5.75 Å². The minimum absolute atomic E-state index is 0.364. The van der Waals surface area contributed by atoms with Gasteiger partial charge in [0, 0.05) is 16.6 Å². The van der Waals surface area contributed by atoms with Gasteiger partial charge in [-0.3, -0.25) is 9.00 Å². The van der Waals surface area contributed by atoms with E-state index in [1.807, 2.05) is 0 Å². The summed E-state index contributed by atoms with van der Waals surface area (Å²) in [5.41, 5.74) is 0. The Hall–Kier alpha value is -0.640. The van der Waals surface area contributed by atoms with Gasteiger partial charge in [-0.1, -0.05) is 12.2 Å². The summed E-state index contributed by atoms with van der Waals surface area (Å²) in [5, 5.41) is 8.74. The predicted molar refractivity (Wildman–Crippen MR) is 42.8 cm³/mol. The molecule has 62 valence electrons. The summed E-state index contributed by atoms with van der Waals surface area (Å²) in [6.07, 6.45) is 3.91. The lowest BCUT2D eigenvalue weighted by molar-refractivity contribution is -0.139. The summed E-state index contributed by atoms with van der Waals surface area (Å²) >= 11 is 0. The van der Waals surface area contributed by atoms with Crippen molar-refractivity contribution in [2.24, 2.45) is 0 Å². The highest BCUT2D eigenvalue weighted by Crippen LogP contribution is 2.23. The zero-order valence-corrected chi connectivity index (χ0v) is 7.06. The van der Waals surface area contributed by atoms with Gasteiger partial charge in [0.2, 0.25) is 0 Å². The van der Waals surface area contributed by atoms with Crippen molar-refractivity contribution < 1.29 is 14.1 Å². The van der Waals surface area contributed by atoms with Crippen LogP contribution in [0, 0.1) is 0 Å². The minimum atomic E-state index is -1.26. The Balaban J connectivity index is 2.93. The van der Waals surface area contributed by atoms with E-state index in [2.05, 4.69) is 0 Å². The van der Waals surface area contributed by atoms with E-state index in [4.69, 9.17) is 5.11 Å². The van der Waals surface area contributed by atoms with Crippen LogP contribution < -0.4 is 0 Å². The van der Waals surface area contributed by atoms with Crippen molar-refractivity contribution in [3.63, 3.8) is 0 Å². The number of carbonyl (C=O) groups is 1. The smallest absolute Gasteiger partial charge is 0.322 e. The molecule has 0 aromatic carbocycles. The molecule has 1 N–H and O–H groups in total. The normalized spacial score (nSPS) is 37.0.